The SMILES string of the molecule is CCc1cnc(C(C)NS(=O)(=O)CCCCO)s1. The largest absolute Gasteiger partial charge is 0.396 e. The van der Waals surface area contributed by atoms with Gasteiger partial charge in [-0.3, -0.25) is 0 Å². The molecule has 5 nitrogen and oxygen atoms in total. The molecule has 1 aromatic rings. The summed E-state index contributed by atoms with van der Waals surface area (Å²) in [6, 6.07) is -0.297. The summed E-state index contributed by atoms with van der Waals surface area (Å²) in [5.41, 5.74) is 0. The molecule has 7 heteroatoms. The fourth-order valence-electron chi connectivity index (χ4n) is 1.47. The number of hydrogen-bond acceptors (Lipinski definition) is 5. The van der Waals surface area contributed by atoms with Crippen LogP contribution < -0.4 is 4.72 Å². The highest BCUT2D eigenvalue weighted by Gasteiger charge is 2.17. The van der Waals surface area contributed by atoms with E-state index in [-0.39, 0.29) is 18.4 Å². The molecule has 1 aromatic heterocycles. The Hall–Kier alpha value is -0.500. The molecule has 0 fully saturated rings. The Kier molecular flexibility index (Phi) is 6.20. The minimum Gasteiger partial charge on any atom is -0.396 e. The van der Waals surface area contributed by atoms with Gasteiger partial charge in [-0.2, -0.15) is 0 Å². The summed E-state index contributed by atoms with van der Waals surface area (Å²) in [7, 11) is -3.29. The van der Waals surface area contributed by atoms with Crippen molar-refractivity contribution in [3.63, 3.8) is 0 Å². The fraction of sp³-hybridized carbons (Fsp3) is 0.727. The smallest absolute Gasteiger partial charge is 0.212 e. The van der Waals surface area contributed by atoms with Crippen LogP contribution in [0.3, 0.4) is 0 Å². The quantitative estimate of drug-likeness (QED) is 0.711. The zero-order valence-corrected chi connectivity index (χ0v) is 12.4. The van der Waals surface area contributed by atoms with Gasteiger partial charge in [0.05, 0.1) is 11.8 Å². The second kappa shape index (κ2) is 7.18. The van der Waals surface area contributed by atoms with Gasteiger partial charge >= 0.3 is 0 Å². The van der Waals surface area contributed by atoms with Crippen LogP contribution in [-0.4, -0.2) is 30.9 Å². The molecule has 104 valence electrons. The average molecular weight is 292 g/mol. The first-order valence-corrected chi connectivity index (χ1v) is 8.51. The highest BCUT2D eigenvalue weighted by Crippen LogP contribution is 2.20. The molecule has 0 bridgehead atoms. The number of thiazole rings is 1. The molecule has 0 aliphatic heterocycles. The second-order valence-corrected chi connectivity index (χ2v) is 7.13. The van der Waals surface area contributed by atoms with Crippen LogP contribution in [-0.2, 0) is 16.4 Å². The molecule has 0 aromatic carbocycles. The highest BCUT2D eigenvalue weighted by atomic mass is 32.2. The van der Waals surface area contributed by atoms with Gasteiger partial charge in [-0.05, 0) is 26.2 Å². The van der Waals surface area contributed by atoms with E-state index in [2.05, 4.69) is 9.71 Å². The Balaban J connectivity index is 2.55. The van der Waals surface area contributed by atoms with Crippen molar-refractivity contribution >= 4 is 21.4 Å². The van der Waals surface area contributed by atoms with Crippen LogP contribution in [0.5, 0.6) is 0 Å². The Morgan fingerprint density at radius 3 is 2.78 bits per heavy atom. The minimum absolute atomic E-state index is 0.0252. The third-order valence-corrected chi connectivity index (χ3v) is 5.33. The number of hydrogen-bond donors (Lipinski definition) is 2. The molecular weight excluding hydrogens is 272 g/mol. The van der Waals surface area contributed by atoms with Gasteiger partial charge in [0.15, 0.2) is 0 Å². The Morgan fingerprint density at radius 1 is 1.50 bits per heavy atom. The minimum atomic E-state index is -3.29. The van der Waals surface area contributed by atoms with E-state index in [1.807, 2.05) is 6.92 Å². The lowest BCUT2D eigenvalue weighted by atomic mass is 10.4. The number of nitrogens with one attached hydrogen (secondary N) is 1. The highest BCUT2D eigenvalue weighted by molar-refractivity contribution is 7.89. The summed E-state index contributed by atoms with van der Waals surface area (Å²) in [5, 5.41) is 9.42. The summed E-state index contributed by atoms with van der Waals surface area (Å²) < 4.78 is 26.1. The van der Waals surface area contributed by atoms with Gasteiger partial charge in [-0.25, -0.2) is 18.1 Å². The van der Waals surface area contributed by atoms with E-state index in [1.165, 1.54) is 11.3 Å². The first-order chi connectivity index (χ1) is 8.48. The molecule has 0 saturated carbocycles. The average Bonchev–Trinajstić information content (AvgIpc) is 2.77. The van der Waals surface area contributed by atoms with Crippen molar-refractivity contribution < 1.29 is 13.5 Å². The molecule has 0 aliphatic carbocycles. The number of unbranched alkanes of at least 4 members (excludes halogenated alkanes) is 1. The maximum absolute atomic E-state index is 11.7. The van der Waals surface area contributed by atoms with Crippen molar-refractivity contribution in [2.45, 2.75) is 39.2 Å². The summed E-state index contributed by atoms with van der Waals surface area (Å²) in [6.07, 6.45) is 3.67. The van der Waals surface area contributed by atoms with Crippen LogP contribution in [0.2, 0.25) is 0 Å². The number of aliphatic hydroxyl groups excluding tert-OH is 1. The predicted molar refractivity (Wildman–Crippen MR) is 73.1 cm³/mol. The van der Waals surface area contributed by atoms with Crippen LogP contribution >= 0.6 is 11.3 Å². The Bertz CT molecular complexity index is 457. The van der Waals surface area contributed by atoms with Gasteiger partial charge in [-0.15, -0.1) is 11.3 Å². The first-order valence-electron chi connectivity index (χ1n) is 6.04. The van der Waals surface area contributed by atoms with Crippen LogP contribution in [0.15, 0.2) is 6.20 Å². The molecule has 0 saturated heterocycles. The molecule has 0 spiro atoms. The zero-order valence-electron chi connectivity index (χ0n) is 10.7. The van der Waals surface area contributed by atoms with Gasteiger partial charge in [0.1, 0.15) is 5.01 Å². The number of nitrogens with zero attached hydrogens (tertiary/aromatic N) is 1. The van der Waals surface area contributed by atoms with E-state index in [1.54, 1.807) is 13.1 Å². The standard InChI is InChI=1S/C11H20N2O3S2/c1-3-10-8-12-11(17-10)9(2)13-18(15,16)7-5-4-6-14/h8-9,13-14H,3-7H2,1-2H3. The lowest BCUT2D eigenvalue weighted by Crippen LogP contribution is -2.29. The van der Waals surface area contributed by atoms with Crippen LogP contribution in [0.25, 0.3) is 0 Å². The number of rotatable bonds is 8. The third kappa shape index (κ3) is 5.01. The summed E-state index contributed by atoms with van der Waals surface area (Å²) in [6.45, 7) is 3.86. The Labute approximate surface area is 112 Å². The summed E-state index contributed by atoms with van der Waals surface area (Å²) in [4.78, 5) is 5.37. The summed E-state index contributed by atoms with van der Waals surface area (Å²) in [5.74, 6) is 0.0455. The van der Waals surface area contributed by atoms with E-state index in [0.29, 0.717) is 12.8 Å². The number of aryl methyl sites for hydroxylation is 1. The van der Waals surface area contributed by atoms with Crippen molar-refractivity contribution in [2.75, 3.05) is 12.4 Å². The molecule has 1 rings (SSSR count). The summed E-state index contributed by atoms with van der Waals surface area (Å²) >= 11 is 1.53. The monoisotopic (exact) mass is 292 g/mol. The predicted octanol–water partition coefficient (Wildman–Crippen LogP) is 1.46. The maximum Gasteiger partial charge on any atom is 0.212 e. The normalized spacial score (nSPS) is 13.7. The molecule has 0 amide bonds. The van der Waals surface area contributed by atoms with Gasteiger partial charge in [0.25, 0.3) is 0 Å². The van der Waals surface area contributed by atoms with Crippen molar-refractivity contribution in [1.29, 1.82) is 0 Å². The second-order valence-electron chi connectivity index (χ2n) is 4.11. The maximum atomic E-state index is 11.7. The third-order valence-electron chi connectivity index (χ3n) is 2.47. The van der Waals surface area contributed by atoms with Crippen molar-refractivity contribution in [1.82, 2.24) is 9.71 Å². The first kappa shape index (κ1) is 15.6. The number of aromatic nitrogens is 1. The lowest BCUT2D eigenvalue weighted by Gasteiger charge is -2.11. The molecule has 0 radical (unpaired) electrons. The van der Waals surface area contributed by atoms with Crippen LogP contribution in [0.4, 0.5) is 0 Å². The van der Waals surface area contributed by atoms with Crippen molar-refractivity contribution in [2.24, 2.45) is 0 Å². The van der Waals surface area contributed by atoms with Gasteiger partial charge in [-0.1, -0.05) is 6.92 Å². The van der Waals surface area contributed by atoms with Gasteiger partial charge in [0, 0.05) is 17.7 Å². The zero-order chi connectivity index (χ0) is 13.6. The van der Waals surface area contributed by atoms with E-state index < -0.39 is 10.0 Å². The molecule has 2 N–H and O–H groups in total. The molecular formula is C11H20N2O3S2. The van der Waals surface area contributed by atoms with E-state index in [9.17, 15) is 8.42 Å². The van der Waals surface area contributed by atoms with Gasteiger partial charge < -0.3 is 5.11 Å². The molecule has 1 unspecified atom stereocenters. The Morgan fingerprint density at radius 2 is 2.22 bits per heavy atom. The number of aliphatic hydroxyl groups is 1. The number of sulfonamides is 1. The molecule has 1 heterocycles. The van der Waals surface area contributed by atoms with E-state index >= 15 is 0 Å². The molecule has 0 aliphatic rings. The fourth-order valence-corrected chi connectivity index (χ4v) is 3.76. The van der Waals surface area contributed by atoms with E-state index in [0.717, 1.165) is 16.3 Å². The van der Waals surface area contributed by atoms with Gasteiger partial charge in [0.2, 0.25) is 10.0 Å². The van der Waals surface area contributed by atoms with Crippen molar-refractivity contribution in [3.05, 3.63) is 16.1 Å². The van der Waals surface area contributed by atoms with Crippen LogP contribution in [0.1, 0.15) is 42.6 Å². The molecule has 18 heavy (non-hydrogen) atoms. The van der Waals surface area contributed by atoms with Crippen LogP contribution in [0, 0.1) is 0 Å². The molecule has 1 atom stereocenters. The lowest BCUT2D eigenvalue weighted by molar-refractivity contribution is 0.287. The van der Waals surface area contributed by atoms with E-state index in [4.69, 9.17) is 5.11 Å². The van der Waals surface area contributed by atoms with Crippen molar-refractivity contribution in [3.8, 4) is 0 Å². The topological polar surface area (TPSA) is 79.3 Å².